The second kappa shape index (κ2) is 9.34. The van der Waals surface area contributed by atoms with Gasteiger partial charge in [-0.15, -0.1) is 0 Å². The van der Waals surface area contributed by atoms with Crippen molar-refractivity contribution in [3.63, 3.8) is 0 Å². The Bertz CT molecular complexity index is 927. The molecule has 2 aromatic rings. The van der Waals surface area contributed by atoms with Gasteiger partial charge in [-0.25, -0.2) is 9.59 Å². The number of benzene rings is 2. The number of nitrogens with one attached hydrogen (secondary N) is 2. The fourth-order valence-electron chi connectivity index (χ4n) is 2.94. The molecule has 0 saturated carbocycles. The summed E-state index contributed by atoms with van der Waals surface area (Å²) in [6, 6.07) is 12.9. The van der Waals surface area contributed by atoms with Crippen molar-refractivity contribution in [3.8, 4) is 11.5 Å². The van der Waals surface area contributed by atoms with Gasteiger partial charge in [0.15, 0.2) is 0 Å². The third-order valence-electron chi connectivity index (χ3n) is 4.31. The van der Waals surface area contributed by atoms with Crippen molar-refractivity contribution < 1.29 is 23.8 Å². The van der Waals surface area contributed by atoms with Crippen LogP contribution in [0.2, 0.25) is 5.02 Å². The normalized spacial score (nSPS) is 16.0. The Labute approximate surface area is 173 Å². The van der Waals surface area contributed by atoms with Crippen LogP contribution in [0.15, 0.2) is 59.8 Å². The van der Waals surface area contributed by atoms with E-state index in [-0.39, 0.29) is 18.8 Å². The van der Waals surface area contributed by atoms with Crippen molar-refractivity contribution in [3.05, 3.63) is 70.4 Å². The van der Waals surface area contributed by atoms with E-state index in [0.29, 0.717) is 27.8 Å². The van der Waals surface area contributed by atoms with Gasteiger partial charge >= 0.3 is 12.0 Å². The number of amides is 2. The van der Waals surface area contributed by atoms with E-state index in [1.165, 1.54) is 0 Å². The van der Waals surface area contributed by atoms with Crippen molar-refractivity contribution in [1.82, 2.24) is 10.6 Å². The van der Waals surface area contributed by atoms with E-state index in [1.807, 2.05) is 0 Å². The number of rotatable bonds is 7. The standard InChI is InChI=1S/C21H21ClN2O5/c1-3-28-20(25)18-16(12-29-17-7-5-4-6-15(17)22)23-21(26)24-19(18)13-8-10-14(27-2)11-9-13/h4-11,19H,3,12H2,1-2H3,(H2,23,24,26)/t19-/m0/s1. The van der Waals surface area contributed by atoms with Gasteiger partial charge in [0.2, 0.25) is 0 Å². The Morgan fingerprint density at radius 1 is 1.14 bits per heavy atom. The van der Waals surface area contributed by atoms with Gasteiger partial charge in [-0.2, -0.15) is 0 Å². The van der Waals surface area contributed by atoms with Crippen LogP contribution in [0.1, 0.15) is 18.5 Å². The maximum Gasteiger partial charge on any atom is 0.338 e. The summed E-state index contributed by atoms with van der Waals surface area (Å²) in [5, 5.41) is 5.85. The Kier molecular flexibility index (Phi) is 6.61. The first kappa shape index (κ1) is 20.5. The first-order valence-corrected chi connectivity index (χ1v) is 9.40. The lowest BCUT2D eigenvalue weighted by Gasteiger charge is -2.29. The maximum absolute atomic E-state index is 12.7. The van der Waals surface area contributed by atoms with Crippen LogP contribution < -0.4 is 20.1 Å². The van der Waals surface area contributed by atoms with Crippen LogP contribution in [-0.2, 0) is 9.53 Å². The van der Waals surface area contributed by atoms with Gasteiger partial charge in [0.05, 0.1) is 36.1 Å². The molecule has 2 N–H and O–H groups in total. The number of hydrogen-bond donors (Lipinski definition) is 2. The van der Waals surface area contributed by atoms with Gasteiger partial charge in [0, 0.05) is 0 Å². The molecule has 8 heteroatoms. The summed E-state index contributed by atoms with van der Waals surface area (Å²) < 4.78 is 16.1. The first-order chi connectivity index (χ1) is 14.0. The topological polar surface area (TPSA) is 85.9 Å². The molecule has 2 aromatic carbocycles. The van der Waals surface area contributed by atoms with Crippen LogP contribution >= 0.6 is 11.6 Å². The highest BCUT2D eigenvalue weighted by atomic mass is 35.5. The summed E-state index contributed by atoms with van der Waals surface area (Å²) in [5.74, 6) is 0.565. The van der Waals surface area contributed by atoms with Crippen molar-refractivity contribution >= 4 is 23.6 Å². The highest BCUT2D eigenvalue weighted by Gasteiger charge is 2.34. The van der Waals surface area contributed by atoms with Gasteiger partial charge in [0.1, 0.15) is 18.1 Å². The molecule has 1 aliphatic rings. The van der Waals surface area contributed by atoms with Crippen molar-refractivity contribution in [2.45, 2.75) is 13.0 Å². The average Bonchev–Trinajstić information content (AvgIpc) is 2.73. The molecule has 2 amide bonds. The van der Waals surface area contributed by atoms with E-state index >= 15 is 0 Å². The van der Waals surface area contributed by atoms with Crippen LogP contribution in [-0.4, -0.2) is 32.3 Å². The average molecular weight is 417 g/mol. The molecule has 3 rings (SSSR count). The zero-order valence-corrected chi connectivity index (χ0v) is 16.8. The molecule has 0 unspecified atom stereocenters. The molecular weight excluding hydrogens is 396 g/mol. The zero-order valence-electron chi connectivity index (χ0n) is 16.0. The molecule has 1 heterocycles. The molecule has 0 aliphatic carbocycles. The van der Waals surface area contributed by atoms with Crippen LogP contribution in [0.3, 0.4) is 0 Å². The Balaban J connectivity index is 1.97. The summed E-state index contributed by atoms with van der Waals surface area (Å²) in [7, 11) is 1.56. The fourth-order valence-corrected chi connectivity index (χ4v) is 3.13. The molecule has 0 saturated heterocycles. The number of para-hydroxylation sites is 1. The van der Waals surface area contributed by atoms with E-state index < -0.39 is 18.0 Å². The summed E-state index contributed by atoms with van der Waals surface area (Å²) in [6.45, 7) is 1.86. The number of hydrogen-bond acceptors (Lipinski definition) is 5. The molecule has 29 heavy (non-hydrogen) atoms. The first-order valence-electron chi connectivity index (χ1n) is 9.02. The van der Waals surface area contributed by atoms with Crippen molar-refractivity contribution in [2.24, 2.45) is 0 Å². The number of methoxy groups -OCH3 is 1. The van der Waals surface area contributed by atoms with Gasteiger partial charge in [-0.1, -0.05) is 35.9 Å². The summed E-state index contributed by atoms with van der Waals surface area (Å²) in [5.41, 5.74) is 1.29. The molecule has 0 spiro atoms. The molecule has 1 aliphatic heterocycles. The number of halogens is 1. The van der Waals surface area contributed by atoms with Crippen molar-refractivity contribution in [1.29, 1.82) is 0 Å². The molecule has 152 valence electrons. The fraction of sp³-hybridized carbons (Fsp3) is 0.238. The maximum atomic E-state index is 12.7. The molecule has 1 atom stereocenters. The van der Waals surface area contributed by atoms with E-state index in [2.05, 4.69) is 10.6 Å². The van der Waals surface area contributed by atoms with Crippen LogP contribution in [0.25, 0.3) is 0 Å². The molecule has 0 radical (unpaired) electrons. The third kappa shape index (κ3) is 4.81. The Hall–Kier alpha value is -3.19. The van der Waals surface area contributed by atoms with Crippen molar-refractivity contribution in [2.75, 3.05) is 20.3 Å². The molecule has 0 bridgehead atoms. The number of carbonyl (C=O) groups excluding carboxylic acids is 2. The van der Waals surface area contributed by atoms with Crippen LogP contribution in [0, 0.1) is 0 Å². The Morgan fingerprint density at radius 2 is 1.86 bits per heavy atom. The minimum absolute atomic E-state index is 0.0576. The summed E-state index contributed by atoms with van der Waals surface area (Å²) in [4.78, 5) is 25.0. The number of ether oxygens (including phenoxy) is 3. The van der Waals surface area contributed by atoms with Crippen LogP contribution in [0.5, 0.6) is 11.5 Å². The smallest absolute Gasteiger partial charge is 0.338 e. The number of urea groups is 1. The molecule has 7 nitrogen and oxygen atoms in total. The lowest BCUT2D eigenvalue weighted by molar-refractivity contribution is -0.139. The zero-order chi connectivity index (χ0) is 20.8. The summed E-state index contributed by atoms with van der Waals surface area (Å²) in [6.07, 6.45) is 0. The SMILES string of the molecule is CCOC(=O)C1=C(COc2ccccc2Cl)NC(=O)N[C@H]1c1ccc(OC)cc1. The van der Waals surface area contributed by atoms with Gasteiger partial charge in [-0.3, -0.25) is 0 Å². The highest BCUT2D eigenvalue weighted by molar-refractivity contribution is 6.32. The van der Waals surface area contributed by atoms with E-state index in [9.17, 15) is 9.59 Å². The van der Waals surface area contributed by atoms with E-state index in [1.54, 1.807) is 62.6 Å². The van der Waals surface area contributed by atoms with E-state index in [4.69, 9.17) is 25.8 Å². The molecular formula is C21H21ClN2O5. The lowest BCUT2D eigenvalue weighted by Crippen LogP contribution is -2.47. The van der Waals surface area contributed by atoms with Gasteiger partial charge in [-0.05, 0) is 36.8 Å². The van der Waals surface area contributed by atoms with Gasteiger partial charge < -0.3 is 24.8 Å². The predicted octanol–water partition coefficient (Wildman–Crippen LogP) is 3.60. The second-order valence-corrected chi connectivity index (χ2v) is 6.54. The molecule has 0 aromatic heterocycles. The van der Waals surface area contributed by atoms with Gasteiger partial charge in [0.25, 0.3) is 0 Å². The lowest BCUT2D eigenvalue weighted by atomic mass is 9.95. The minimum Gasteiger partial charge on any atom is -0.497 e. The largest absolute Gasteiger partial charge is 0.497 e. The number of esters is 1. The predicted molar refractivity (Wildman–Crippen MR) is 108 cm³/mol. The monoisotopic (exact) mass is 416 g/mol. The summed E-state index contributed by atoms with van der Waals surface area (Å²) >= 11 is 6.13. The molecule has 0 fully saturated rings. The second-order valence-electron chi connectivity index (χ2n) is 6.14. The minimum atomic E-state index is -0.696. The Morgan fingerprint density at radius 3 is 2.52 bits per heavy atom. The highest BCUT2D eigenvalue weighted by Crippen LogP contribution is 2.30. The third-order valence-corrected chi connectivity index (χ3v) is 4.62. The number of carbonyl (C=O) groups is 2. The quantitative estimate of drug-likeness (QED) is 0.673. The van der Waals surface area contributed by atoms with Crippen LogP contribution in [0.4, 0.5) is 4.79 Å². The van der Waals surface area contributed by atoms with E-state index in [0.717, 1.165) is 0 Å².